The lowest BCUT2D eigenvalue weighted by molar-refractivity contribution is -0.136. The molecule has 1 aromatic heterocycles. The first kappa shape index (κ1) is 49.2. The molecule has 0 bridgehead atoms. The first-order chi connectivity index (χ1) is 27.6. The van der Waals surface area contributed by atoms with E-state index in [0.29, 0.717) is 63.1 Å². The van der Waals surface area contributed by atoms with Gasteiger partial charge in [0.2, 0.25) is 17.7 Å². The molecule has 0 fully saturated rings. The van der Waals surface area contributed by atoms with Crippen molar-refractivity contribution in [1.82, 2.24) is 25.9 Å². The number of carbonyl (C=O) groups is 6. The maximum atomic E-state index is 14.2. The molecule has 5 atom stereocenters. The Bertz CT molecular complexity index is 1590. The van der Waals surface area contributed by atoms with Crippen molar-refractivity contribution < 1.29 is 28.8 Å². The van der Waals surface area contributed by atoms with Gasteiger partial charge in [0.15, 0.2) is 23.3 Å². The van der Waals surface area contributed by atoms with E-state index in [0.717, 1.165) is 5.56 Å². The smallest absolute Gasteiger partial charge is 0.224 e. The molecule has 0 radical (unpaired) electrons. The van der Waals surface area contributed by atoms with Gasteiger partial charge in [0.05, 0.1) is 30.4 Å². The topological polar surface area (TPSA) is 258 Å². The molecular formula is C43H69N9O6. The zero-order valence-corrected chi connectivity index (χ0v) is 35.3. The van der Waals surface area contributed by atoms with E-state index < -0.39 is 41.8 Å². The number of imidazole rings is 1. The van der Waals surface area contributed by atoms with E-state index >= 15 is 0 Å². The number of amides is 3. The Morgan fingerprint density at radius 3 is 2.05 bits per heavy atom. The van der Waals surface area contributed by atoms with Crippen molar-refractivity contribution >= 4 is 41.0 Å². The van der Waals surface area contributed by atoms with Crippen LogP contribution in [0.25, 0.3) is 0 Å². The summed E-state index contributed by atoms with van der Waals surface area (Å²) < 4.78 is 0. The van der Waals surface area contributed by atoms with Crippen LogP contribution in [0.15, 0.2) is 47.8 Å². The number of hydrogen-bond acceptors (Lipinski definition) is 9. The molecule has 1 heterocycles. The molecule has 0 aliphatic rings. The number of ketones is 3. The molecule has 1 aromatic carbocycles. The van der Waals surface area contributed by atoms with Crippen LogP contribution in [-0.2, 0) is 41.6 Å². The standard InChI is InChI=1S/C43H69N9O6/c1-6-13-36(53)35(22-30-14-8-7-9-15-30)51-42(58)32(23-33-26-47-27-49-33)25-38(55)40(29(4)5)52-41(57)31(16-12-21-48-43(45)46)24-37(54)34(17-10-11-20-44)50-39(56)19-18-28(2)3/h7-9,14-15,26-29,31-32,34-35,40H,6,10-13,16-25,44H2,1-5H3,(H,47,49)(H,50,56)(H,51,58)(H,52,57)(H4,45,46,48)/t31-,32-,34+,35+,40+/m1/s1. The van der Waals surface area contributed by atoms with Gasteiger partial charge in [-0.05, 0) is 75.3 Å². The van der Waals surface area contributed by atoms with Crippen LogP contribution in [0.2, 0.25) is 0 Å². The number of unbranched alkanes of at least 4 members (excludes halogenated alkanes) is 1. The second kappa shape index (κ2) is 26.9. The number of Topliss-reactive ketones (excluding diaryl/α,β-unsaturated/α-hetero) is 3. The SMILES string of the molecule is CCCC(=O)[C@H](Cc1ccccc1)NC(=O)[C@@H](CC(=O)[C@@H](NC(=O)[C@H](CCCN=C(N)N)CC(=O)[C@H](CCCCN)NC(=O)CCC(C)C)C(C)C)Cc1cnc[nH]1. The number of aliphatic imine (C=N–C) groups is 1. The third kappa shape index (κ3) is 19.0. The van der Waals surface area contributed by atoms with Crippen LogP contribution < -0.4 is 33.2 Å². The van der Waals surface area contributed by atoms with Crippen molar-refractivity contribution in [2.75, 3.05) is 13.1 Å². The highest BCUT2D eigenvalue weighted by atomic mass is 16.2. The van der Waals surface area contributed by atoms with Gasteiger partial charge >= 0.3 is 0 Å². The molecule has 10 N–H and O–H groups in total. The van der Waals surface area contributed by atoms with Crippen molar-refractivity contribution in [3.05, 3.63) is 54.1 Å². The van der Waals surface area contributed by atoms with Gasteiger partial charge in [-0.1, -0.05) is 65.0 Å². The zero-order valence-electron chi connectivity index (χ0n) is 35.3. The summed E-state index contributed by atoms with van der Waals surface area (Å²) in [5.41, 5.74) is 18.3. The van der Waals surface area contributed by atoms with Crippen LogP contribution in [0.5, 0.6) is 0 Å². The van der Waals surface area contributed by atoms with Crippen LogP contribution in [-0.4, -0.2) is 82.2 Å². The number of aromatic nitrogens is 2. The average Bonchev–Trinajstić information content (AvgIpc) is 3.69. The number of H-pyrrole nitrogens is 1. The van der Waals surface area contributed by atoms with E-state index in [2.05, 4.69) is 30.9 Å². The number of nitrogens with zero attached hydrogens (tertiary/aromatic N) is 2. The predicted octanol–water partition coefficient (Wildman–Crippen LogP) is 3.44. The molecule has 58 heavy (non-hydrogen) atoms. The van der Waals surface area contributed by atoms with Crippen LogP contribution in [0.3, 0.4) is 0 Å². The highest BCUT2D eigenvalue weighted by molar-refractivity contribution is 5.96. The van der Waals surface area contributed by atoms with E-state index in [1.54, 1.807) is 20.0 Å². The summed E-state index contributed by atoms with van der Waals surface area (Å²) in [5, 5.41) is 8.75. The molecule has 322 valence electrons. The fourth-order valence-electron chi connectivity index (χ4n) is 6.73. The first-order valence-corrected chi connectivity index (χ1v) is 20.9. The molecule has 0 saturated heterocycles. The Morgan fingerprint density at radius 1 is 0.759 bits per heavy atom. The number of rotatable bonds is 30. The highest BCUT2D eigenvalue weighted by Crippen LogP contribution is 2.21. The van der Waals surface area contributed by atoms with Gasteiger partial charge in [-0.25, -0.2) is 4.98 Å². The number of nitrogens with one attached hydrogen (secondary N) is 4. The van der Waals surface area contributed by atoms with Crippen molar-refractivity contribution in [2.24, 2.45) is 45.9 Å². The fourth-order valence-corrected chi connectivity index (χ4v) is 6.73. The Balaban J connectivity index is 2.34. The summed E-state index contributed by atoms with van der Waals surface area (Å²) in [6.07, 6.45) is 7.28. The largest absolute Gasteiger partial charge is 0.370 e. The van der Waals surface area contributed by atoms with E-state index in [9.17, 15) is 28.8 Å². The van der Waals surface area contributed by atoms with Crippen LogP contribution in [0.4, 0.5) is 0 Å². The summed E-state index contributed by atoms with van der Waals surface area (Å²) >= 11 is 0. The lowest BCUT2D eigenvalue weighted by Crippen LogP contribution is -2.50. The minimum absolute atomic E-state index is 0.0959. The fraction of sp³-hybridized carbons (Fsp3) is 0.628. The minimum atomic E-state index is -0.988. The van der Waals surface area contributed by atoms with Gasteiger partial charge in [0, 0.05) is 56.5 Å². The van der Waals surface area contributed by atoms with Gasteiger partial charge in [-0.2, -0.15) is 0 Å². The third-order valence-corrected chi connectivity index (χ3v) is 10.1. The predicted molar refractivity (Wildman–Crippen MR) is 226 cm³/mol. The normalized spacial score (nSPS) is 13.9. The van der Waals surface area contributed by atoms with Gasteiger partial charge < -0.3 is 38.1 Å². The maximum absolute atomic E-state index is 14.2. The molecule has 3 amide bonds. The minimum Gasteiger partial charge on any atom is -0.370 e. The molecule has 2 rings (SSSR count). The molecule has 15 heteroatoms. The second-order valence-electron chi connectivity index (χ2n) is 16.0. The van der Waals surface area contributed by atoms with E-state index in [-0.39, 0.29) is 80.2 Å². The van der Waals surface area contributed by atoms with Gasteiger partial charge in [-0.3, -0.25) is 33.8 Å². The second-order valence-corrected chi connectivity index (χ2v) is 16.0. The Morgan fingerprint density at radius 2 is 1.45 bits per heavy atom. The van der Waals surface area contributed by atoms with Crippen LogP contribution in [0.1, 0.15) is 117 Å². The monoisotopic (exact) mass is 808 g/mol. The van der Waals surface area contributed by atoms with Crippen molar-refractivity contribution in [1.29, 1.82) is 0 Å². The van der Waals surface area contributed by atoms with Gasteiger partial charge in [0.25, 0.3) is 0 Å². The van der Waals surface area contributed by atoms with Crippen molar-refractivity contribution in [3.63, 3.8) is 0 Å². The average molecular weight is 808 g/mol. The number of guanidine groups is 1. The van der Waals surface area contributed by atoms with Gasteiger partial charge in [0.1, 0.15) is 0 Å². The van der Waals surface area contributed by atoms with Crippen molar-refractivity contribution in [2.45, 2.75) is 136 Å². The van der Waals surface area contributed by atoms with Crippen LogP contribution in [0, 0.1) is 23.7 Å². The van der Waals surface area contributed by atoms with Crippen LogP contribution >= 0.6 is 0 Å². The zero-order chi connectivity index (χ0) is 43.0. The summed E-state index contributed by atoms with van der Waals surface area (Å²) in [7, 11) is 0. The van der Waals surface area contributed by atoms with E-state index in [4.69, 9.17) is 17.2 Å². The molecule has 0 aliphatic heterocycles. The van der Waals surface area contributed by atoms with Crippen molar-refractivity contribution in [3.8, 4) is 0 Å². The Labute approximate surface area is 344 Å². The van der Waals surface area contributed by atoms with E-state index in [1.165, 1.54) is 6.33 Å². The molecule has 15 nitrogen and oxygen atoms in total. The Hall–Kier alpha value is -4.92. The lowest BCUT2D eigenvalue weighted by atomic mass is 9.87. The molecule has 0 unspecified atom stereocenters. The number of nitrogens with two attached hydrogens (primary N) is 3. The molecule has 0 aliphatic carbocycles. The maximum Gasteiger partial charge on any atom is 0.224 e. The molecule has 0 saturated carbocycles. The molecule has 2 aromatic rings. The first-order valence-electron chi connectivity index (χ1n) is 20.9. The number of carbonyl (C=O) groups excluding carboxylic acids is 6. The Kier molecular flexibility index (Phi) is 22.8. The summed E-state index contributed by atoms with van der Waals surface area (Å²) in [6, 6.07) is 6.85. The van der Waals surface area contributed by atoms with E-state index in [1.807, 2.05) is 51.1 Å². The molecule has 0 spiro atoms. The summed E-state index contributed by atoms with van der Waals surface area (Å²) in [6.45, 7) is 10.2. The quantitative estimate of drug-likeness (QED) is 0.0344. The lowest BCUT2D eigenvalue weighted by Gasteiger charge is -2.27. The van der Waals surface area contributed by atoms with Gasteiger partial charge in [-0.15, -0.1) is 0 Å². The summed E-state index contributed by atoms with van der Waals surface area (Å²) in [4.78, 5) is 93.3. The summed E-state index contributed by atoms with van der Waals surface area (Å²) in [5.74, 6) is -3.84. The number of benzene rings is 1. The third-order valence-electron chi connectivity index (χ3n) is 10.1. The number of hydrogen-bond donors (Lipinski definition) is 7. The highest BCUT2D eigenvalue weighted by Gasteiger charge is 2.34. The molecular weight excluding hydrogens is 739 g/mol. The number of aromatic amines is 1.